The maximum absolute atomic E-state index is 12.6. The Hall–Kier alpha value is -1.84. The molecule has 2 rings (SSSR count). The first-order chi connectivity index (χ1) is 9.79. The van der Waals surface area contributed by atoms with Gasteiger partial charge in [-0.25, -0.2) is 0 Å². The summed E-state index contributed by atoms with van der Waals surface area (Å²) in [6, 6.07) is 10.1. The Labute approximate surface area is 119 Å². The van der Waals surface area contributed by atoms with E-state index in [9.17, 15) is 9.59 Å². The van der Waals surface area contributed by atoms with Gasteiger partial charge in [0.15, 0.2) is 0 Å². The molecular weight excluding hydrogens is 252 g/mol. The fourth-order valence-corrected chi connectivity index (χ4v) is 3.00. The first-order valence-electron chi connectivity index (χ1n) is 7.30. The smallest absolute Gasteiger partial charge is 0.230 e. The van der Waals surface area contributed by atoms with Crippen LogP contribution in [0.3, 0.4) is 0 Å². The molecule has 1 aliphatic rings. The fourth-order valence-electron chi connectivity index (χ4n) is 3.00. The lowest BCUT2D eigenvalue weighted by Crippen LogP contribution is -2.43. The van der Waals surface area contributed by atoms with Gasteiger partial charge >= 0.3 is 0 Å². The molecule has 108 valence electrons. The van der Waals surface area contributed by atoms with E-state index < -0.39 is 0 Å². The summed E-state index contributed by atoms with van der Waals surface area (Å²) in [7, 11) is 0. The zero-order valence-electron chi connectivity index (χ0n) is 11.7. The topological polar surface area (TPSA) is 58.2 Å². The number of nitrogens with one attached hydrogen (secondary N) is 2. The Morgan fingerprint density at radius 2 is 1.85 bits per heavy atom. The van der Waals surface area contributed by atoms with Crippen LogP contribution in [-0.2, 0) is 15.0 Å². The van der Waals surface area contributed by atoms with Crippen LogP contribution < -0.4 is 10.6 Å². The minimum Gasteiger partial charge on any atom is -0.359 e. The normalized spacial score (nSPS) is 16.6. The summed E-state index contributed by atoms with van der Waals surface area (Å²) >= 11 is 0. The van der Waals surface area contributed by atoms with Crippen molar-refractivity contribution in [2.75, 3.05) is 13.1 Å². The van der Waals surface area contributed by atoms with E-state index in [0.717, 1.165) is 37.7 Å². The molecule has 4 heteroatoms. The highest BCUT2D eigenvalue weighted by molar-refractivity contribution is 5.88. The van der Waals surface area contributed by atoms with Gasteiger partial charge in [0, 0.05) is 13.1 Å². The molecule has 0 saturated heterocycles. The highest BCUT2D eigenvalue weighted by Gasteiger charge is 2.42. The Bertz CT molecular complexity index is 439. The van der Waals surface area contributed by atoms with Crippen LogP contribution >= 0.6 is 0 Å². The number of hydrogen-bond acceptors (Lipinski definition) is 2. The lowest BCUT2D eigenvalue weighted by molar-refractivity contribution is -0.126. The van der Waals surface area contributed by atoms with Gasteiger partial charge < -0.3 is 10.6 Å². The van der Waals surface area contributed by atoms with Crippen molar-refractivity contribution in [3.8, 4) is 0 Å². The summed E-state index contributed by atoms with van der Waals surface area (Å²) in [4.78, 5) is 22.7. The predicted octanol–water partition coefficient (Wildman–Crippen LogP) is 1.75. The monoisotopic (exact) mass is 274 g/mol. The maximum atomic E-state index is 12.6. The zero-order valence-corrected chi connectivity index (χ0v) is 11.7. The van der Waals surface area contributed by atoms with Gasteiger partial charge in [-0.2, -0.15) is 0 Å². The van der Waals surface area contributed by atoms with E-state index in [0.29, 0.717) is 19.5 Å². The van der Waals surface area contributed by atoms with Crippen molar-refractivity contribution in [3.05, 3.63) is 35.9 Å². The molecule has 0 bridgehead atoms. The minimum atomic E-state index is -0.348. The molecule has 1 aromatic rings. The third kappa shape index (κ3) is 3.18. The van der Waals surface area contributed by atoms with E-state index in [-0.39, 0.29) is 11.3 Å². The first kappa shape index (κ1) is 14.6. The third-order valence-electron chi connectivity index (χ3n) is 4.08. The van der Waals surface area contributed by atoms with Crippen molar-refractivity contribution in [2.24, 2.45) is 0 Å². The van der Waals surface area contributed by atoms with Gasteiger partial charge in [0.1, 0.15) is 0 Å². The standard InChI is InChI=1S/C16H22N2O2/c19-13-17-11-6-12-18-15(20)16(9-4-5-10-16)14-7-2-1-3-8-14/h1-3,7-8,13H,4-6,9-12H2,(H,17,19)(H,18,20). The first-order valence-corrected chi connectivity index (χ1v) is 7.30. The van der Waals surface area contributed by atoms with Crippen molar-refractivity contribution in [3.63, 3.8) is 0 Å². The number of carbonyl (C=O) groups excluding carboxylic acids is 2. The molecular formula is C16H22N2O2. The van der Waals surface area contributed by atoms with Gasteiger partial charge in [-0.15, -0.1) is 0 Å². The second kappa shape index (κ2) is 7.08. The van der Waals surface area contributed by atoms with E-state index in [1.165, 1.54) is 0 Å². The minimum absolute atomic E-state index is 0.132. The van der Waals surface area contributed by atoms with Crippen molar-refractivity contribution >= 4 is 12.3 Å². The summed E-state index contributed by atoms with van der Waals surface area (Å²) < 4.78 is 0. The Morgan fingerprint density at radius 1 is 1.15 bits per heavy atom. The number of rotatable bonds is 7. The molecule has 1 aromatic carbocycles. The molecule has 0 heterocycles. The molecule has 0 aromatic heterocycles. The molecule has 0 atom stereocenters. The van der Waals surface area contributed by atoms with Crippen LogP contribution in [0.15, 0.2) is 30.3 Å². The molecule has 2 N–H and O–H groups in total. The highest BCUT2D eigenvalue weighted by atomic mass is 16.2. The van der Waals surface area contributed by atoms with Crippen LogP contribution in [-0.4, -0.2) is 25.4 Å². The third-order valence-corrected chi connectivity index (χ3v) is 4.08. The SMILES string of the molecule is O=CNCCCNC(=O)C1(c2ccccc2)CCCC1. The number of carbonyl (C=O) groups is 2. The number of hydrogen-bond donors (Lipinski definition) is 2. The quantitative estimate of drug-likeness (QED) is 0.588. The van der Waals surface area contributed by atoms with Crippen LogP contribution in [0.25, 0.3) is 0 Å². The van der Waals surface area contributed by atoms with Gasteiger partial charge in [-0.1, -0.05) is 43.2 Å². The molecule has 0 spiro atoms. The highest BCUT2D eigenvalue weighted by Crippen LogP contribution is 2.41. The molecule has 0 radical (unpaired) electrons. The molecule has 1 fully saturated rings. The van der Waals surface area contributed by atoms with Crippen molar-refractivity contribution < 1.29 is 9.59 Å². The van der Waals surface area contributed by atoms with Crippen LogP contribution in [0.4, 0.5) is 0 Å². The Balaban J connectivity index is 1.98. The van der Waals surface area contributed by atoms with E-state index >= 15 is 0 Å². The van der Waals surface area contributed by atoms with Crippen molar-refractivity contribution in [2.45, 2.75) is 37.5 Å². The van der Waals surface area contributed by atoms with E-state index in [2.05, 4.69) is 22.8 Å². The van der Waals surface area contributed by atoms with Gasteiger partial charge in [-0.05, 0) is 24.8 Å². The fraction of sp³-hybridized carbons (Fsp3) is 0.500. The van der Waals surface area contributed by atoms with Crippen molar-refractivity contribution in [1.29, 1.82) is 0 Å². The van der Waals surface area contributed by atoms with E-state index in [1.54, 1.807) is 0 Å². The summed E-state index contributed by atoms with van der Waals surface area (Å²) in [5, 5.41) is 5.63. The lowest BCUT2D eigenvalue weighted by atomic mass is 9.78. The number of benzene rings is 1. The predicted molar refractivity (Wildman–Crippen MR) is 78.3 cm³/mol. The molecule has 1 aliphatic carbocycles. The Kier molecular flexibility index (Phi) is 5.16. The molecule has 1 saturated carbocycles. The van der Waals surface area contributed by atoms with Gasteiger partial charge in [0.2, 0.25) is 12.3 Å². The van der Waals surface area contributed by atoms with E-state index in [1.807, 2.05) is 18.2 Å². The summed E-state index contributed by atoms with van der Waals surface area (Å²) in [6.45, 7) is 1.20. The van der Waals surface area contributed by atoms with E-state index in [4.69, 9.17) is 0 Å². The molecule has 0 aliphatic heterocycles. The summed E-state index contributed by atoms with van der Waals surface area (Å²) in [5.74, 6) is 0.132. The number of amides is 2. The van der Waals surface area contributed by atoms with Crippen LogP contribution in [0.1, 0.15) is 37.7 Å². The maximum Gasteiger partial charge on any atom is 0.230 e. The summed E-state index contributed by atoms with van der Waals surface area (Å²) in [6.07, 6.45) is 5.51. The zero-order chi connectivity index (χ0) is 14.3. The van der Waals surface area contributed by atoms with Crippen molar-refractivity contribution in [1.82, 2.24) is 10.6 Å². The lowest BCUT2D eigenvalue weighted by Gasteiger charge is -2.28. The van der Waals surface area contributed by atoms with Gasteiger partial charge in [-0.3, -0.25) is 9.59 Å². The average Bonchev–Trinajstić information content (AvgIpc) is 2.99. The van der Waals surface area contributed by atoms with Crippen LogP contribution in [0, 0.1) is 0 Å². The van der Waals surface area contributed by atoms with Crippen LogP contribution in [0.5, 0.6) is 0 Å². The summed E-state index contributed by atoms with van der Waals surface area (Å²) in [5.41, 5.74) is 0.778. The molecule has 20 heavy (non-hydrogen) atoms. The molecule has 0 unspecified atom stereocenters. The van der Waals surface area contributed by atoms with Crippen LogP contribution in [0.2, 0.25) is 0 Å². The van der Waals surface area contributed by atoms with Gasteiger partial charge in [0.25, 0.3) is 0 Å². The molecule has 2 amide bonds. The second-order valence-corrected chi connectivity index (χ2v) is 5.34. The average molecular weight is 274 g/mol. The molecule has 4 nitrogen and oxygen atoms in total. The largest absolute Gasteiger partial charge is 0.359 e. The van der Waals surface area contributed by atoms with Gasteiger partial charge in [0.05, 0.1) is 5.41 Å². The Morgan fingerprint density at radius 3 is 2.50 bits per heavy atom. The second-order valence-electron chi connectivity index (χ2n) is 5.34.